The molecule has 2 N–H and O–H groups in total. The van der Waals surface area contributed by atoms with Crippen molar-refractivity contribution < 1.29 is 29.3 Å². The van der Waals surface area contributed by atoms with Crippen LogP contribution >= 0.6 is 0 Å². The van der Waals surface area contributed by atoms with Crippen LogP contribution in [-0.2, 0) is 19.1 Å². The molecule has 0 fully saturated rings. The van der Waals surface area contributed by atoms with Gasteiger partial charge < -0.3 is 14.9 Å². The zero-order valence-electron chi connectivity index (χ0n) is 9.64. The highest BCUT2D eigenvalue weighted by atomic mass is 16.6. The fourth-order valence-corrected chi connectivity index (χ4v) is 1.05. The predicted molar refractivity (Wildman–Crippen MR) is 58.0 cm³/mol. The largest absolute Gasteiger partial charge is 0.481 e. The Kier molecular flexibility index (Phi) is 6.81. The number of rotatable bonds is 8. The third kappa shape index (κ3) is 7.24. The number of ketones is 1. The molecule has 0 saturated carbocycles. The molecule has 6 heteroatoms. The number of aliphatic hydroxyl groups excluding tert-OH is 1. The van der Waals surface area contributed by atoms with Crippen LogP contribution in [0.2, 0.25) is 0 Å². The number of hydrogen-bond acceptors (Lipinski definition) is 5. The zero-order valence-corrected chi connectivity index (χ0v) is 9.64. The van der Waals surface area contributed by atoms with Crippen LogP contribution < -0.4 is 0 Å². The fourth-order valence-electron chi connectivity index (χ4n) is 1.05. The molecular formula is C11H16O6. The second kappa shape index (κ2) is 7.56. The van der Waals surface area contributed by atoms with Gasteiger partial charge in [-0.2, -0.15) is 0 Å². The number of carboxylic acid groups (broad SMARTS) is 1. The van der Waals surface area contributed by atoms with E-state index in [0.717, 1.165) is 0 Å². The number of Topliss-reactive ketones (excluding diaryl/α,β-unsaturated/α-hetero) is 1. The molecule has 17 heavy (non-hydrogen) atoms. The number of esters is 1. The Morgan fingerprint density at radius 1 is 1.29 bits per heavy atom. The van der Waals surface area contributed by atoms with E-state index in [9.17, 15) is 19.5 Å². The summed E-state index contributed by atoms with van der Waals surface area (Å²) in [5.41, 5.74) is -0.161. The minimum atomic E-state index is -1.26. The van der Waals surface area contributed by atoms with Crippen LogP contribution in [0.4, 0.5) is 0 Å². The van der Waals surface area contributed by atoms with Crippen molar-refractivity contribution in [2.24, 2.45) is 0 Å². The molecule has 0 rings (SSSR count). The SMILES string of the molecule is C=C(CC(=O)CC(=O)O)C(=O)OC(O)CCC. The highest BCUT2D eigenvalue weighted by Crippen LogP contribution is 2.07. The van der Waals surface area contributed by atoms with E-state index < -0.39 is 30.4 Å². The predicted octanol–water partition coefficient (Wildman–Crippen LogP) is 0.638. The molecule has 0 aliphatic heterocycles. The molecule has 0 aromatic heterocycles. The van der Waals surface area contributed by atoms with Gasteiger partial charge in [0.1, 0.15) is 12.2 Å². The molecular weight excluding hydrogens is 228 g/mol. The van der Waals surface area contributed by atoms with Crippen LogP contribution in [0.25, 0.3) is 0 Å². The van der Waals surface area contributed by atoms with E-state index >= 15 is 0 Å². The summed E-state index contributed by atoms with van der Waals surface area (Å²) in [6.45, 7) is 5.12. The van der Waals surface area contributed by atoms with Crippen molar-refractivity contribution in [1.82, 2.24) is 0 Å². The molecule has 6 nitrogen and oxygen atoms in total. The van der Waals surface area contributed by atoms with Crippen molar-refractivity contribution in [3.05, 3.63) is 12.2 Å². The maximum absolute atomic E-state index is 11.3. The molecule has 0 aliphatic rings. The first kappa shape index (κ1) is 15.3. The van der Waals surface area contributed by atoms with Crippen molar-refractivity contribution in [1.29, 1.82) is 0 Å². The number of aliphatic carboxylic acids is 1. The van der Waals surface area contributed by atoms with Gasteiger partial charge in [-0.3, -0.25) is 9.59 Å². The van der Waals surface area contributed by atoms with E-state index in [1.807, 2.05) is 6.92 Å². The van der Waals surface area contributed by atoms with Crippen LogP contribution in [0, 0.1) is 0 Å². The lowest BCUT2D eigenvalue weighted by Gasteiger charge is -2.11. The number of carbonyl (C=O) groups is 3. The summed E-state index contributed by atoms with van der Waals surface area (Å²) in [7, 11) is 0. The Morgan fingerprint density at radius 2 is 1.88 bits per heavy atom. The topological polar surface area (TPSA) is 101 Å². The molecule has 96 valence electrons. The average molecular weight is 244 g/mol. The number of hydrogen-bond donors (Lipinski definition) is 2. The summed E-state index contributed by atoms with van der Waals surface area (Å²) in [5, 5.41) is 17.5. The first-order valence-corrected chi connectivity index (χ1v) is 5.17. The third-order valence-electron chi connectivity index (χ3n) is 1.83. The average Bonchev–Trinajstić information content (AvgIpc) is 2.15. The maximum Gasteiger partial charge on any atom is 0.336 e. The Balaban J connectivity index is 4.10. The summed E-state index contributed by atoms with van der Waals surface area (Å²) in [6, 6.07) is 0. The highest BCUT2D eigenvalue weighted by Gasteiger charge is 2.17. The number of aliphatic hydroxyl groups is 1. The first-order chi connectivity index (χ1) is 7.86. The second-order valence-corrected chi connectivity index (χ2v) is 3.54. The summed E-state index contributed by atoms with van der Waals surface area (Å²) >= 11 is 0. The fraction of sp³-hybridized carbons (Fsp3) is 0.545. The van der Waals surface area contributed by atoms with E-state index in [0.29, 0.717) is 12.8 Å². The standard InChI is InChI=1S/C11H16O6/c1-3-4-10(15)17-11(16)7(2)5-8(12)6-9(13)14/h10,15H,2-6H2,1H3,(H,13,14). The van der Waals surface area contributed by atoms with Crippen LogP contribution in [0.3, 0.4) is 0 Å². The van der Waals surface area contributed by atoms with Gasteiger partial charge in [0, 0.05) is 18.4 Å². The van der Waals surface area contributed by atoms with Gasteiger partial charge in [-0.1, -0.05) is 19.9 Å². The second-order valence-electron chi connectivity index (χ2n) is 3.54. The van der Waals surface area contributed by atoms with Gasteiger partial charge >= 0.3 is 11.9 Å². The van der Waals surface area contributed by atoms with Crippen molar-refractivity contribution in [3.63, 3.8) is 0 Å². The van der Waals surface area contributed by atoms with Crippen molar-refractivity contribution in [2.45, 2.75) is 38.9 Å². The number of ether oxygens (including phenoxy) is 1. The molecule has 0 radical (unpaired) electrons. The van der Waals surface area contributed by atoms with Crippen LogP contribution in [0.5, 0.6) is 0 Å². The van der Waals surface area contributed by atoms with Crippen LogP contribution in [-0.4, -0.2) is 34.2 Å². The van der Waals surface area contributed by atoms with Crippen molar-refractivity contribution in [2.75, 3.05) is 0 Å². The minimum Gasteiger partial charge on any atom is -0.481 e. The van der Waals surface area contributed by atoms with Gasteiger partial charge in [-0.25, -0.2) is 4.79 Å². The molecule has 0 saturated heterocycles. The molecule has 0 amide bonds. The Labute approximate surface area is 98.9 Å². The molecule has 1 unspecified atom stereocenters. The first-order valence-electron chi connectivity index (χ1n) is 5.17. The van der Waals surface area contributed by atoms with Gasteiger partial charge in [-0.15, -0.1) is 0 Å². The Hall–Kier alpha value is -1.69. The lowest BCUT2D eigenvalue weighted by atomic mass is 10.1. The zero-order chi connectivity index (χ0) is 13.4. The van der Waals surface area contributed by atoms with E-state index in [2.05, 4.69) is 11.3 Å². The summed E-state index contributed by atoms with van der Waals surface area (Å²) in [4.78, 5) is 32.6. The van der Waals surface area contributed by atoms with Gasteiger partial charge in [0.25, 0.3) is 0 Å². The highest BCUT2D eigenvalue weighted by molar-refractivity contribution is 6.01. The van der Waals surface area contributed by atoms with Gasteiger partial charge in [-0.05, 0) is 0 Å². The van der Waals surface area contributed by atoms with Gasteiger partial charge in [0.05, 0.1) is 0 Å². The molecule has 0 aliphatic carbocycles. The van der Waals surface area contributed by atoms with Crippen LogP contribution in [0.1, 0.15) is 32.6 Å². The molecule has 0 bridgehead atoms. The maximum atomic E-state index is 11.3. The van der Waals surface area contributed by atoms with E-state index in [1.54, 1.807) is 0 Å². The Bertz CT molecular complexity index is 320. The number of carboxylic acids is 1. The lowest BCUT2D eigenvalue weighted by Crippen LogP contribution is -2.20. The molecule has 0 spiro atoms. The quantitative estimate of drug-likeness (QED) is 0.281. The number of carbonyl (C=O) groups excluding carboxylic acids is 2. The monoisotopic (exact) mass is 244 g/mol. The molecule has 1 atom stereocenters. The molecule has 0 aromatic carbocycles. The molecule has 0 aromatic rings. The lowest BCUT2D eigenvalue weighted by molar-refractivity contribution is -0.164. The third-order valence-corrected chi connectivity index (χ3v) is 1.83. The Morgan fingerprint density at radius 3 is 2.35 bits per heavy atom. The molecule has 0 heterocycles. The summed E-state index contributed by atoms with van der Waals surface area (Å²) in [6.07, 6.45) is -1.34. The van der Waals surface area contributed by atoms with E-state index in [1.165, 1.54) is 0 Å². The van der Waals surface area contributed by atoms with E-state index in [4.69, 9.17) is 5.11 Å². The van der Waals surface area contributed by atoms with E-state index in [-0.39, 0.29) is 12.0 Å². The normalized spacial score (nSPS) is 11.6. The summed E-state index contributed by atoms with van der Waals surface area (Å²) < 4.78 is 4.58. The van der Waals surface area contributed by atoms with Gasteiger partial charge in [0.2, 0.25) is 6.29 Å². The smallest absolute Gasteiger partial charge is 0.336 e. The van der Waals surface area contributed by atoms with Crippen molar-refractivity contribution in [3.8, 4) is 0 Å². The minimum absolute atomic E-state index is 0.161. The summed E-state index contributed by atoms with van der Waals surface area (Å²) in [5.74, 6) is -2.78. The van der Waals surface area contributed by atoms with Crippen molar-refractivity contribution >= 4 is 17.7 Å². The van der Waals surface area contributed by atoms with Gasteiger partial charge in [0.15, 0.2) is 0 Å². The van der Waals surface area contributed by atoms with Crippen LogP contribution in [0.15, 0.2) is 12.2 Å².